The van der Waals surface area contributed by atoms with E-state index in [9.17, 15) is 18.0 Å². The van der Waals surface area contributed by atoms with Gasteiger partial charge >= 0.3 is 0 Å². The minimum atomic E-state index is -0.641. The number of nitrogens with one attached hydrogen (secondary N) is 3. The van der Waals surface area contributed by atoms with Crippen LogP contribution in [0.25, 0.3) is 11.0 Å². The fraction of sp³-hybridized carbons (Fsp3) is 0.143. The maximum atomic E-state index is 13.8. The van der Waals surface area contributed by atoms with Crippen molar-refractivity contribution in [2.45, 2.75) is 20.0 Å². The number of aromatic amines is 1. The number of anilines is 1. The number of H-pyrrole nitrogens is 1. The van der Waals surface area contributed by atoms with Crippen LogP contribution in [0.3, 0.4) is 0 Å². The fourth-order valence-electron chi connectivity index (χ4n) is 3.03. The maximum absolute atomic E-state index is 13.8. The number of aromatic nitrogens is 4. The third-order valence-electron chi connectivity index (χ3n) is 4.80. The number of hydrogen-bond acceptors (Lipinski definition) is 5. The van der Waals surface area contributed by atoms with Crippen LogP contribution in [0.15, 0.2) is 36.7 Å². The summed E-state index contributed by atoms with van der Waals surface area (Å²) in [5, 5.41) is 12.4. The molecule has 3 N–H and O–H groups in total. The molecule has 32 heavy (non-hydrogen) atoms. The van der Waals surface area contributed by atoms with Gasteiger partial charge in [-0.1, -0.05) is 17.7 Å². The lowest BCUT2D eigenvalue weighted by Crippen LogP contribution is -2.24. The van der Waals surface area contributed by atoms with Crippen LogP contribution in [0.5, 0.6) is 0 Å². The Labute approximate surface area is 185 Å². The lowest BCUT2D eigenvalue weighted by Gasteiger charge is -2.07. The Morgan fingerprint density at radius 3 is 2.50 bits per heavy atom. The van der Waals surface area contributed by atoms with Crippen molar-refractivity contribution in [2.75, 3.05) is 5.32 Å². The van der Waals surface area contributed by atoms with Gasteiger partial charge in [0.15, 0.2) is 11.5 Å². The lowest BCUT2D eigenvalue weighted by atomic mass is 10.1. The smallest absolute Gasteiger partial charge is 0.272 e. The summed E-state index contributed by atoms with van der Waals surface area (Å²) in [4.78, 5) is 20.8. The molecular weight excluding hydrogens is 445 g/mol. The molecule has 0 spiro atoms. The SMILES string of the molecule is Cc1c(F)cc(CNc2n[nH]c3c(C(=O)NCc4ccc(F)c(Cl)c4)ncnc23)cc1F. The normalized spacial score (nSPS) is 11.0. The monoisotopic (exact) mass is 460 g/mol. The van der Waals surface area contributed by atoms with Crippen LogP contribution >= 0.6 is 11.6 Å². The van der Waals surface area contributed by atoms with Crippen molar-refractivity contribution in [1.82, 2.24) is 25.5 Å². The summed E-state index contributed by atoms with van der Waals surface area (Å²) in [6.45, 7) is 1.55. The zero-order valence-electron chi connectivity index (χ0n) is 16.6. The van der Waals surface area contributed by atoms with Crippen molar-refractivity contribution in [2.24, 2.45) is 0 Å². The van der Waals surface area contributed by atoms with Crippen molar-refractivity contribution in [3.63, 3.8) is 0 Å². The van der Waals surface area contributed by atoms with Gasteiger partial charge in [-0.15, -0.1) is 0 Å². The number of carbonyl (C=O) groups is 1. The van der Waals surface area contributed by atoms with Gasteiger partial charge in [0.25, 0.3) is 5.91 Å². The standard InChI is InChI=1S/C21H16ClF3N6O/c1-10-15(24)5-12(6-16(10)25)8-26-20-18-17(30-31-20)19(29-9-28-18)21(32)27-7-11-2-3-14(23)13(22)4-11/h2-6,9H,7-8H2,1H3,(H,27,32)(H2,26,30,31). The number of amides is 1. The summed E-state index contributed by atoms with van der Waals surface area (Å²) >= 11 is 5.76. The Balaban J connectivity index is 1.50. The average molecular weight is 461 g/mol. The van der Waals surface area contributed by atoms with Gasteiger partial charge in [-0.2, -0.15) is 5.10 Å². The van der Waals surface area contributed by atoms with Gasteiger partial charge in [0, 0.05) is 18.7 Å². The predicted octanol–water partition coefficient (Wildman–Crippen LogP) is 4.27. The van der Waals surface area contributed by atoms with Gasteiger partial charge in [-0.25, -0.2) is 23.1 Å². The Bertz CT molecular complexity index is 1300. The van der Waals surface area contributed by atoms with Crippen LogP contribution < -0.4 is 10.6 Å². The van der Waals surface area contributed by atoms with Gasteiger partial charge in [0.05, 0.1) is 5.02 Å². The highest BCUT2D eigenvalue weighted by Crippen LogP contribution is 2.22. The number of carbonyl (C=O) groups excluding carboxylic acids is 1. The van der Waals surface area contributed by atoms with E-state index in [0.29, 0.717) is 22.5 Å². The minimum absolute atomic E-state index is 0.0428. The lowest BCUT2D eigenvalue weighted by molar-refractivity contribution is 0.0947. The molecule has 7 nitrogen and oxygen atoms in total. The zero-order chi connectivity index (χ0) is 22.8. The van der Waals surface area contributed by atoms with Crippen LogP contribution in [0, 0.1) is 24.4 Å². The highest BCUT2D eigenvalue weighted by molar-refractivity contribution is 6.30. The van der Waals surface area contributed by atoms with E-state index in [0.717, 1.165) is 0 Å². The summed E-state index contributed by atoms with van der Waals surface area (Å²) in [6.07, 6.45) is 1.21. The van der Waals surface area contributed by atoms with E-state index in [-0.39, 0.29) is 34.9 Å². The molecule has 2 aromatic heterocycles. The molecule has 0 radical (unpaired) electrons. The molecule has 0 atom stereocenters. The van der Waals surface area contributed by atoms with Crippen molar-refractivity contribution in [3.05, 3.63) is 81.5 Å². The first-order valence-electron chi connectivity index (χ1n) is 9.43. The molecule has 164 valence electrons. The molecule has 0 fully saturated rings. The van der Waals surface area contributed by atoms with Crippen molar-refractivity contribution < 1.29 is 18.0 Å². The molecule has 4 aromatic rings. The number of nitrogens with zero attached hydrogens (tertiary/aromatic N) is 3. The van der Waals surface area contributed by atoms with Crippen molar-refractivity contribution >= 4 is 34.4 Å². The second kappa shape index (κ2) is 8.83. The Kier molecular flexibility index (Phi) is 5.95. The van der Waals surface area contributed by atoms with E-state index >= 15 is 0 Å². The zero-order valence-corrected chi connectivity index (χ0v) is 17.4. The molecule has 1 amide bonds. The second-order valence-electron chi connectivity index (χ2n) is 6.99. The number of hydrogen-bond donors (Lipinski definition) is 3. The first-order valence-corrected chi connectivity index (χ1v) is 9.81. The summed E-state index contributed by atoms with van der Waals surface area (Å²) in [5.74, 6) is -2.04. The van der Waals surface area contributed by atoms with E-state index in [4.69, 9.17) is 11.6 Å². The summed E-state index contributed by atoms with van der Waals surface area (Å²) in [7, 11) is 0. The first kappa shape index (κ1) is 21.6. The molecule has 4 rings (SSSR count). The van der Waals surface area contributed by atoms with Gasteiger partial charge in [0.1, 0.15) is 34.8 Å². The molecule has 0 unspecified atom stereocenters. The highest BCUT2D eigenvalue weighted by atomic mass is 35.5. The Morgan fingerprint density at radius 1 is 1.03 bits per heavy atom. The molecule has 2 aromatic carbocycles. The molecule has 0 saturated carbocycles. The predicted molar refractivity (Wildman–Crippen MR) is 113 cm³/mol. The van der Waals surface area contributed by atoms with E-state index in [2.05, 4.69) is 30.8 Å². The van der Waals surface area contributed by atoms with Gasteiger partial charge in [-0.05, 0) is 42.3 Å². The van der Waals surface area contributed by atoms with Gasteiger partial charge in [-0.3, -0.25) is 9.89 Å². The van der Waals surface area contributed by atoms with E-state index in [1.807, 2.05) is 0 Å². The molecule has 0 saturated heterocycles. The number of halogens is 4. The van der Waals surface area contributed by atoms with Gasteiger partial charge in [0.2, 0.25) is 0 Å². The quantitative estimate of drug-likeness (QED) is 0.399. The summed E-state index contributed by atoms with van der Waals surface area (Å²) in [5.41, 5.74) is 1.61. The third kappa shape index (κ3) is 4.35. The number of benzene rings is 2. The van der Waals surface area contributed by atoms with Gasteiger partial charge < -0.3 is 10.6 Å². The molecule has 0 bridgehead atoms. The average Bonchev–Trinajstić information content (AvgIpc) is 3.19. The third-order valence-corrected chi connectivity index (χ3v) is 5.09. The van der Waals surface area contributed by atoms with Crippen LogP contribution in [-0.4, -0.2) is 26.1 Å². The van der Waals surface area contributed by atoms with E-state index < -0.39 is 23.4 Å². The molecular formula is C21H16ClF3N6O. The number of fused-ring (bicyclic) bond motifs is 1. The molecule has 0 aliphatic rings. The second-order valence-corrected chi connectivity index (χ2v) is 7.39. The minimum Gasteiger partial charge on any atom is -0.363 e. The van der Waals surface area contributed by atoms with Crippen LogP contribution in [0.1, 0.15) is 27.2 Å². The topological polar surface area (TPSA) is 95.6 Å². The van der Waals surface area contributed by atoms with Crippen LogP contribution in [0.4, 0.5) is 19.0 Å². The van der Waals surface area contributed by atoms with E-state index in [1.54, 1.807) is 0 Å². The maximum Gasteiger partial charge on any atom is 0.272 e. The van der Waals surface area contributed by atoms with Crippen LogP contribution in [-0.2, 0) is 13.1 Å². The fourth-order valence-corrected chi connectivity index (χ4v) is 3.24. The first-order chi connectivity index (χ1) is 15.3. The van der Waals surface area contributed by atoms with Crippen molar-refractivity contribution in [3.8, 4) is 0 Å². The van der Waals surface area contributed by atoms with Crippen LogP contribution in [0.2, 0.25) is 5.02 Å². The molecule has 11 heteroatoms. The highest BCUT2D eigenvalue weighted by Gasteiger charge is 2.17. The number of rotatable bonds is 6. The Hall–Kier alpha value is -3.66. The molecule has 2 heterocycles. The molecule has 0 aliphatic carbocycles. The van der Waals surface area contributed by atoms with Crippen molar-refractivity contribution in [1.29, 1.82) is 0 Å². The largest absolute Gasteiger partial charge is 0.363 e. The van der Waals surface area contributed by atoms with E-state index in [1.165, 1.54) is 43.6 Å². The summed E-state index contributed by atoms with van der Waals surface area (Å²) < 4.78 is 40.8. The summed E-state index contributed by atoms with van der Waals surface area (Å²) in [6, 6.07) is 6.60. The molecule has 0 aliphatic heterocycles. The Morgan fingerprint density at radius 2 is 1.78 bits per heavy atom.